The van der Waals surface area contributed by atoms with Crippen LogP contribution in [0.25, 0.3) is 0 Å². The number of fused-ring (bicyclic) bond motifs is 1. The average molecular weight is 421 g/mol. The summed E-state index contributed by atoms with van der Waals surface area (Å²) >= 11 is 0. The maximum absolute atomic E-state index is 13.5. The molecule has 6 nitrogen and oxygen atoms in total. The topological polar surface area (TPSA) is 75.7 Å². The van der Waals surface area contributed by atoms with E-state index < -0.39 is 29.4 Å². The van der Waals surface area contributed by atoms with Crippen LogP contribution >= 0.6 is 0 Å². The normalized spacial score (nSPS) is 27.5. The zero-order chi connectivity index (χ0) is 22.2. The number of aryl methyl sites for hydroxylation is 1. The summed E-state index contributed by atoms with van der Waals surface area (Å²) in [4.78, 5) is 41.6. The third kappa shape index (κ3) is 3.35. The Labute approximate surface area is 182 Å². The second-order valence-corrected chi connectivity index (χ2v) is 8.26. The first kappa shape index (κ1) is 21.2. The fourth-order valence-corrected chi connectivity index (χ4v) is 5.18. The van der Waals surface area contributed by atoms with E-state index in [0.29, 0.717) is 0 Å². The minimum absolute atomic E-state index is 0.198. The summed E-state index contributed by atoms with van der Waals surface area (Å²) in [5, 5.41) is 3.46. The zero-order valence-corrected chi connectivity index (χ0v) is 18.1. The minimum Gasteiger partial charge on any atom is -0.465 e. The molecule has 0 unspecified atom stereocenters. The van der Waals surface area contributed by atoms with Crippen molar-refractivity contribution in [1.82, 2.24) is 10.2 Å². The molecule has 2 aliphatic rings. The number of carbonyl (C=O) groups is 3. The molecule has 0 aromatic heterocycles. The number of rotatable bonds is 6. The quantitative estimate of drug-likeness (QED) is 0.575. The van der Waals surface area contributed by atoms with E-state index in [1.54, 1.807) is 13.8 Å². The molecule has 0 spiro atoms. The summed E-state index contributed by atoms with van der Waals surface area (Å²) in [6.07, 6.45) is 0.271. The van der Waals surface area contributed by atoms with Gasteiger partial charge in [-0.3, -0.25) is 24.6 Å². The fraction of sp³-hybridized carbons (Fsp3) is 0.400. The van der Waals surface area contributed by atoms with Crippen molar-refractivity contribution in [3.05, 3.63) is 71.3 Å². The Morgan fingerprint density at radius 2 is 1.71 bits per heavy atom. The lowest BCUT2D eigenvalue weighted by Gasteiger charge is -2.33. The van der Waals surface area contributed by atoms with Crippen LogP contribution in [-0.4, -0.2) is 41.4 Å². The van der Waals surface area contributed by atoms with Gasteiger partial charge < -0.3 is 4.74 Å². The van der Waals surface area contributed by atoms with Crippen molar-refractivity contribution in [3.63, 3.8) is 0 Å². The summed E-state index contributed by atoms with van der Waals surface area (Å²) in [7, 11) is 0. The molecule has 2 aromatic rings. The van der Waals surface area contributed by atoms with Gasteiger partial charge in [0.2, 0.25) is 11.8 Å². The molecule has 4 rings (SSSR count). The molecule has 2 saturated heterocycles. The van der Waals surface area contributed by atoms with Gasteiger partial charge in [0.15, 0.2) is 0 Å². The van der Waals surface area contributed by atoms with Crippen molar-refractivity contribution in [2.75, 3.05) is 13.2 Å². The monoisotopic (exact) mass is 420 g/mol. The molecule has 2 fully saturated rings. The van der Waals surface area contributed by atoms with Crippen molar-refractivity contribution in [2.24, 2.45) is 11.8 Å². The lowest BCUT2D eigenvalue weighted by atomic mass is 9.76. The van der Waals surface area contributed by atoms with E-state index in [1.165, 1.54) is 4.90 Å². The Kier molecular flexibility index (Phi) is 5.67. The molecule has 2 aromatic carbocycles. The molecular weight excluding hydrogens is 392 g/mol. The number of hydrogen-bond acceptors (Lipinski definition) is 5. The highest BCUT2D eigenvalue weighted by Gasteiger charge is 2.68. The predicted octanol–water partition coefficient (Wildman–Crippen LogP) is 2.81. The van der Waals surface area contributed by atoms with E-state index in [2.05, 4.69) is 5.32 Å². The van der Waals surface area contributed by atoms with Gasteiger partial charge in [-0.1, -0.05) is 54.6 Å². The van der Waals surface area contributed by atoms with Crippen molar-refractivity contribution in [1.29, 1.82) is 0 Å². The molecule has 0 bridgehead atoms. The van der Waals surface area contributed by atoms with Crippen LogP contribution < -0.4 is 5.32 Å². The van der Waals surface area contributed by atoms with Crippen LogP contribution in [0.3, 0.4) is 0 Å². The molecule has 0 radical (unpaired) electrons. The van der Waals surface area contributed by atoms with Crippen molar-refractivity contribution < 1.29 is 19.1 Å². The van der Waals surface area contributed by atoms with Crippen LogP contribution in [0.4, 0.5) is 0 Å². The van der Waals surface area contributed by atoms with Crippen LogP contribution in [0.5, 0.6) is 0 Å². The van der Waals surface area contributed by atoms with E-state index in [0.717, 1.165) is 16.7 Å². The van der Waals surface area contributed by atoms with Crippen molar-refractivity contribution in [3.8, 4) is 0 Å². The van der Waals surface area contributed by atoms with Crippen molar-refractivity contribution in [2.45, 2.75) is 38.8 Å². The van der Waals surface area contributed by atoms with Crippen LogP contribution in [-0.2, 0) is 25.5 Å². The Balaban J connectivity index is 1.89. The molecule has 31 heavy (non-hydrogen) atoms. The van der Waals surface area contributed by atoms with E-state index in [-0.39, 0.29) is 31.4 Å². The number of amides is 2. The number of nitrogens with zero attached hydrogens (tertiary/aromatic N) is 1. The molecule has 2 amide bonds. The summed E-state index contributed by atoms with van der Waals surface area (Å²) in [5.74, 6) is -2.47. The number of likely N-dealkylation sites (tertiary alicyclic amines) is 1. The molecular formula is C25H28N2O4. The van der Waals surface area contributed by atoms with E-state index in [9.17, 15) is 14.4 Å². The predicted molar refractivity (Wildman–Crippen MR) is 116 cm³/mol. The third-order valence-corrected chi connectivity index (χ3v) is 6.55. The molecule has 1 N–H and O–H groups in total. The Morgan fingerprint density at radius 3 is 2.35 bits per heavy atom. The molecule has 4 atom stereocenters. The minimum atomic E-state index is -1.31. The zero-order valence-electron chi connectivity index (χ0n) is 18.1. The second kappa shape index (κ2) is 8.27. The maximum atomic E-state index is 13.5. The smallest absolute Gasteiger partial charge is 0.327 e. The van der Waals surface area contributed by atoms with Crippen LogP contribution in [0.15, 0.2) is 54.6 Å². The maximum Gasteiger partial charge on any atom is 0.327 e. The largest absolute Gasteiger partial charge is 0.465 e. The first-order chi connectivity index (χ1) is 14.9. The number of benzene rings is 2. The van der Waals surface area contributed by atoms with Gasteiger partial charge in [-0.2, -0.15) is 0 Å². The number of ether oxygens (including phenoxy) is 1. The lowest BCUT2D eigenvalue weighted by molar-refractivity contribution is -0.156. The van der Waals surface area contributed by atoms with Gasteiger partial charge in [0.25, 0.3) is 0 Å². The van der Waals surface area contributed by atoms with Gasteiger partial charge in [-0.25, -0.2) is 0 Å². The molecule has 6 heteroatoms. The summed E-state index contributed by atoms with van der Waals surface area (Å²) < 4.78 is 5.49. The Hall–Kier alpha value is -2.99. The van der Waals surface area contributed by atoms with E-state index >= 15 is 0 Å². The third-order valence-electron chi connectivity index (χ3n) is 6.55. The van der Waals surface area contributed by atoms with Gasteiger partial charge in [-0.05, 0) is 37.5 Å². The van der Waals surface area contributed by atoms with Crippen LogP contribution in [0.1, 0.15) is 36.6 Å². The fourth-order valence-electron chi connectivity index (χ4n) is 5.18. The SMILES string of the molecule is CCOC(=O)[C@]1(Cc2ccccc2)N[C@@H](c2ccccc2C)[C@H]2C(=O)N(CC)C(=O)[C@H]21. The molecule has 0 saturated carbocycles. The van der Waals surface area contributed by atoms with Crippen molar-refractivity contribution >= 4 is 17.8 Å². The van der Waals surface area contributed by atoms with E-state index in [1.807, 2.05) is 61.5 Å². The highest BCUT2D eigenvalue weighted by atomic mass is 16.5. The highest BCUT2D eigenvalue weighted by Crippen LogP contribution is 2.50. The molecule has 2 aliphatic heterocycles. The van der Waals surface area contributed by atoms with Gasteiger partial charge in [0, 0.05) is 19.0 Å². The first-order valence-corrected chi connectivity index (χ1v) is 10.8. The number of nitrogens with one attached hydrogen (secondary N) is 1. The molecule has 2 heterocycles. The standard InChI is InChI=1S/C25H28N2O4/c1-4-27-22(28)19-20(23(27)29)25(24(30)31-5-2,15-17-12-7-6-8-13-17)26-21(19)18-14-10-9-11-16(18)3/h6-14,19-21,26H,4-5,15H2,1-3H3/t19-,20-,21-,25+/m0/s1. The number of hydrogen-bond donors (Lipinski definition) is 1. The summed E-state index contributed by atoms with van der Waals surface area (Å²) in [6.45, 7) is 6.00. The average Bonchev–Trinajstić information content (AvgIpc) is 3.23. The number of imide groups is 1. The Bertz CT molecular complexity index is 1010. The highest BCUT2D eigenvalue weighted by molar-refractivity contribution is 6.09. The number of esters is 1. The molecule has 0 aliphatic carbocycles. The first-order valence-electron chi connectivity index (χ1n) is 10.8. The summed E-state index contributed by atoms with van der Waals surface area (Å²) in [5.41, 5.74) is 1.53. The Morgan fingerprint density at radius 1 is 1.03 bits per heavy atom. The van der Waals surface area contributed by atoms with Gasteiger partial charge in [-0.15, -0.1) is 0 Å². The van der Waals surface area contributed by atoms with E-state index in [4.69, 9.17) is 4.74 Å². The molecule has 162 valence electrons. The van der Waals surface area contributed by atoms with Crippen LogP contribution in [0, 0.1) is 18.8 Å². The van der Waals surface area contributed by atoms with Crippen LogP contribution in [0.2, 0.25) is 0 Å². The second-order valence-electron chi connectivity index (χ2n) is 8.26. The number of carbonyl (C=O) groups excluding carboxylic acids is 3. The van der Waals surface area contributed by atoms with Gasteiger partial charge >= 0.3 is 5.97 Å². The summed E-state index contributed by atoms with van der Waals surface area (Å²) in [6, 6.07) is 16.9. The lowest BCUT2D eigenvalue weighted by Crippen LogP contribution is -2.58. The van der Waals surface area contributed by atoms with Gasteiger partial charge in [0.1, 0.15) is 5.54 Å². The van der Waals surface area contributed by atoms with Gasteiger partial charge in [0.05, 0.1) is 18.4 Å².